The van der Waals surface area contributed by atoms with Gasteiger partial charge in [0, 0.05) is 19.2 Å². The predicted octanol–water partition coefficient (Wildman–Crippen LogP) is 3.99. The van der Waals surface area contributed by atoms with Crippen molar-refractivity contribution in [3.8, 4) is 0 Å². The van der Waals surface area contributed by atoms with Gasteiger partial charge >= 0.3 is 0 Å². The van der Waals surface area contributed by atoms with Gasteiger partial charge in [0.15, 0.2) is 0 Å². The summed E-state index contributed by atoms with van der Waals surface area (Å²) in [6.45, 7) is 7.20. The van der Waals surface area contributed by atoms with Gasteiger partial charge in [-0.3, -0.25) is 0 Å². The van der Waals surface area contributed by atoms with Crippen LogP contribution < -0.4 is 5.32 Å². The second-order valence-electron chi connectivity index (χ2n) is 7.26. The predicted molar refractivity (Wildman–Crippen MR) is 81.3 cm³/mol. The fourth-order valence-corrected chi connectivity index (χ4v) is 4.24. The van der Waals surface area contributed by atoms with Crippen LogP contribution in [0.1, 0.15) is 65.7 Å². The van der Waals surface area contributed by atoms with Gasteiger partial charge < -0.3 is 10.1 Å². The van der Waals surface area contributed by atoms with Crippen molar-refractivity contribution in [3.05, 3.63) is 0 Å². The Balaban J connectivity index is 1.97. The molecule has 19 heavy (non-hydrogen) atoms. The Morgan fingerprint density at radius 2 is 1.74 bits per heavy atom. The first kappa shape index (κ1) is 15.3. The van der Waals surface area contributed by atoms with Crippen molar-refractivity contribution in [2.45, 2.75) is 83.9 Å². The molecule has 2 aliphatic carbocycles. The van der Waals surface area contributed by atoms with Gasteiger partial charge in [0.05, 0.1) is 6.10 Å². The first-order chi connectivity index (χ1) is 9.11. The summed E-state index contributed by atoms with van der Waals surface area (Å²) in [5.74, 6) is 2.54. The average Bonchev–Trinajstić information content (AvgIpc) is 2.39. The van der Waals surface area contributed by atoms with Crippen molar-refractivity contribution >= 4 is 0 Å². The van der Waals surface area contributed by atoms with Crippen molar-refractivity contribution < 1.29 is 4.74 Å². The molecule has 0 aliphatic heterocycles. The summed E-state index contributed by atoms with van der Waals surface area (Å²) < 4.78 is 5.71. The average molecular weight is 267 g/mol. The zero-order valence-corrected chi connectivity index (χ0v) is 13.3. The van der Waals surface area contributed by atoms with Gasteiger partial charge in [-0.2, -0.15) is 0 Å². The van der Waals surface area contributed by atoms with Crippen molar-refractivity contribution in [2.24, 2.45) is 17.8 Å². The highest BCUT2D eigenvalue weighted by molar-refractivity contribution is 4.91. The molecule has 0 saturated heterocycles. The Labute approximate surface area is 119 Å². The number of methoxy groups -OCH3 is 1. The summed E-state index contributed by atoms with van der Waals surface area (Å²) in [7, 11) is 1.88. The van der Waals surface area contributed by atoms with E-state index in [1.165, 1.54) is 44.9 Å². The van der Waals surface area contributed by atoms with Crippen LogP contribution in [-0.2, 0) is 4.74 Å². The molecular formula is C17H33NO. The van der Waals surface area contributed by atoms with E-state index in [9.17, 15) is 0 Å². The van der Waals surface area contributed by atoms with Crippen LogP contribution in [0.3, 0.4) is 0 Å². The fraction of sp³-hybridized carbons (Fsp3) is 1.00. The molecule has 0 heterocycles. The summed E-state index contributed by atoms with van der Waals surface area (Å²) in [6.07, 6.45) is 9.86. The van der Waals surface area contributed by atoms with E-state index >= 15 is 0 Å². The lowest BCUT2D eigenvalue weighted by molar-refractivity contribution is 0.0267. The lowest BCUT2D eigenvalue weighted by Crippen LogP contribution is -2.52. The van der Waals surface area contributed by atoms with Crippen molar-refractivity contribution in [2.75, 3.05) is 7.11 Å². The minimum absolute atomic E-state index is 0.443. The van der Waals surface area contributed by atoms with E-state index in [-0.39, 0.29) is 0 Å². The number of ether oxygens (including phenoxy) is 1. The van der Waals surface area contributed by atoms with E-state index in [1.54, 1.807) is 0 Å². The number of hydrogen-bond donors (Lipinski definition) is 1. The zero-order valence-electron chi connectivity index (χ0n) is 13.3. The second kappa shape index (κ2) is 7.08. The maximum Gasteiger partial charge on any atom is 0.0724 e. The molecule has 0 aromatic heterocycles. The summed E-state index contributed by atoms with van der Waals surface area (Å²) in [5.41, 5.74) is 0. The van der Waals surface area contributed by atoms with E-state index in [1.807, 2.05) is 7.11 Å². The van der Waals surface area contributed by atoms with E-state index in [0.29, 0.717) is 18.2 Å². The van der Waals surface area contributed by atoms with Crippen LogP contribution in [0.4, 0.5) is 0 Å². The van der Waals surface area contributed by atoms with Crippen LogP contribution in [0.15, 0.2) is 0 Å². The Morgan fingerprint density at radius 3 is 2.42 bits per heavy atom. The molecule has 5 atom stereocenters. The van der Waals surface area contributed by atoms with Crippen LogP contribution in [0.5, 0.6) is 0 Å². The zero-order chi connectivity index (χ0) is 13.8. The van der Waals surface area contributed by atoms with Crippen LogP contribution in [0.25, 0.3) is 0 Å². The standard InChI is InChI=1S/C17H33NO/c1-12(2)14-10-9-13(3)11-16(14)18-15-7-5-6-8-17(15)19-4/h12-18H,5-11H2,1-4H3. The molecule has 0 radical (unpaired) electrons. The highest BCUT2D eigenvalue weighted by Crippen LogP contribution is 2.34. The Hall–Kier alpha value is -0.0800. The van der Waals surface area contributed by atoms with Gasteiger partial charge in [0.25, 0.3) is 0 Å². The van der Waals surface area contributed by atoms with Gasteiger partial charge in [0.1, 0.15) is 0 Å². The van der Waals surface area contributed by atoms with Gasteiger partial charge in [-0.1, -0.05) is 40.0 Å². The maximum atomic E-state index is 5.71. The molecule has 1 N–H and O–H groups in total. The minimum atomic E-state index is 0.443. The third kappa shape index (κ3) is 3.95. The lowest BCUT2D eigenvalue weighted by atomic mass is 9.73. The molecular weight excluding hydrogens is 234 g/mol. The molecule has 5 unspecified atom stereocenters. The Morgan fingerprint density at radius 1 is 1.00 bits per heavy atom. The van der Waals surface area contributed by atoms with E-state index in [0.717, 1.165) is 17.8 Å². The molecule has 2 saturated carbocycles. The molecule has 2 nitrogen and oxygen atoms in total. The normalized spacial score (nSPS) is 40.6. The molecule has 2 rings (SSSR count). The van der Waals surface area contributed by atoms with Crippen molar-refractivity contribution in [1.29, 1.82) is 0 Å². The van der Waals surface area contributed by atoms with Gasteiger partial charge in [-0.05, 0) is 43.4 Å². The van der Waals surface area contributed by atoms with Crippen LogP contribution in [0, 0.1) is 17.8 Å². The summed E-state index contributed by atoms with van der Waals surface area (Å²) >= 11 is 0. The fourth-order valence-electron chi connectivity index (χ4n) is 4.24. The molecule has 112 valence electrons. The molecule has 0 aromatic rings. The van der Waals surface area contributed by atoms with Crippen LogP contribution >= 0.6 is 0 Å². The summed E-state index contributed by atoms with van der Waals surface area (Å²) in [5, 5.41) is 4.00. The van der Waals surface area contributed by atoms with E-state index in [4.69, 9.17) is 4.74 Å². The third-order valence-electron chi connectivity index (χ3n) is 5.46. The van der Waals surface area contributed by atoms with E-state index < -0.39 is 0 Å². The molecule has 0 bridgehead atoms. The molecule has 0 amide bonds. The third-order valence-corrected chi connectivity index (χ3v) is 5.46. The maximum absolute atomic E-state index is 5.71. The van der Waals surface area contributed by atoms with Crippen LogP contribution in [0.2, 0.25) is 0 Å². The van der Waals surface area contributed by atoms with Gasteiger partial charge in [-0.25, -0.2) is 0 Å². The topological polar surface area (TPSA) is 21.3 Å². The highest BCUT2D eigenvalue weighted by atomic mass is 16.5. The number of rotatable bonds is 4. The largest absolute Gasteiger partial charge is 0.380 e. The number of nitrogens with one attached hydrogen (secondary N) is 1. The SMILES string of the molecule is COC1CCCCC1NC1CC(C)CCC1C(C)C. The smallest absolute Gasteiger partial charge is 0.0724 e. The quantitative estimate of drug-likeness (QED) is 0.831. The summed E-state index contributed by atoms with van der Waals surface area (Å²) in [6, 6.07) is 1.31. The monoisotopic (exact) mass is 267 g/mol. The van der Waals surface area contributed by atoms with E-state index in [2.05, 4.69) is 26.1 Å². The van der Waals surface area contributed by atoms with Crippen molar-refractivity contribution in [3.63, 3.8) is 0 Å². The summed E-state index contributed by atoms with van der Waals surface area (Å²) in [4.78, 5) is 0. The van der Waals surface area contributed by atoms with Crippen LogP contribution in [-0.4, -0.2) is 25.3 Å². The number of hydrogen-bond acceptors (Lipinski definition) is 2. The highest BCUT2D eigenvalue weighted by Gasteiger charge is 2.34. The molecule has 2 aliphatic rings. The lowest BCUT2D eigenvalue weighted by Gasteiger charge is -2.42. The van der Waals surface area contributed by atoms with Gasteiger partial charge in [0.2, 0.25) is 0 Å². The molecule has 0 aromatic carbocycles. The molecule has 2 heteroatoms. The molecule has 2 fully saturated rings. The second-order valence-corrected chi connectivity index (χ2v) is 7.26. The Bertz CT molecular complexity index is 266. The Kier molecular flexibility index (Phi) is 5.70. The first-order valence-electron chi connectivity index (χ1n) is 8.40. The first-order valence-corrected chi connectivity index (χ1v) is 8.40. The van der Waals surface area contributed by atoms with Gasteiger partial charge in [-0.15, -0.1) is 0 Å². The molecule has 0 spiro atoms. The van der Waals surface area contributed by atoms with Crippen molar-refractivity contribution in [1.82, 2.24) is 5.32 Å². The minimum Gasteiger partial charge on any atom is -0.380 e.